The Hall–Kier alpha value is -3.29. The Morgan fingerprint density at radius 3 is 2.71 bits per heavy atom. The zero-order valence-corrected chi connectivity index (χ0v) is 17.9. The number of halogens is 1. The number of furan rings is 1. The van der Waals surface area contributed by atoms with Crippen molar-refractivity contribution in [3.05, 3.63) is 89.5 Å². The maximum atomic E-state index is 12.9. The third-order valence-electron chi connectivity index (χ3n) is 4.94. The molecule has 1 N–H and O–H groups in total. The largest absolute Gasteiger partial charge is 0.467 e. The third kappa shape index (κ3) is 4.02. The predicted octanol–water partition coefficient (Wildman–Crippen LogP) is 5.70. The Morgan fingerprint density at radius 1 is 1.06 bits per heavy atom. The van der Waals surface area contributed by atoms with E-state index in [1.54, 1.807) is 12.5 Å². The highest BCUT2D eigenvalue weighted by Gasteiger charge is 2.18. The van der Waals surface area contributed by atoms with Crippen LogP contribution in [0.5, 0.6) is 0 Å². The Bertz CT molecular complexity index is 1340. The number of hydrogen-bond donors (Lipinski definition) is 1. The highest BCUT2D eigenvalue weighted by Crippen LogP contribution is 2.28. The molecule has 2 aromatic carbocycles. The number of carbonyl (C=O) groups is 1. The van der Waals surface area contributed by atoms with Crippen molar-refractivity contribution in [1.29, 1.82) is 0 Å². The van der Waals surface area contributed by atoms with Gasteiger partial charge < -0.3 is 9.40 Å². The van der Waals surface area contributed by atoms with Gasteiger partial charge in [-0.05, 0) is 42.5 Å². The van der Waals surface area contributed by atoms with E-state index in [2.05, 4.69) is 15.2 Å². The van der Waals surface area contributed by atoms with Gasteiger partial charge in [0.1, 0.15) is 5.76 Å². The molecular weight excluding hydrogens is 432 g/mol. The third-order valence-corrected chi connectivity index (χ3v) is 6.15. The fraction of sp³-hybridized carbons (Fsp3) is 0.0870. The molecule has 0 aliphatic heterocycles. The molecule has 8 heteroatoms. The highest BCUT2D eigenvalue weighted by molar-refractivity contribution is 7.99. The molecule has 6 nitrogen and oxygen atoms in total. The first-order valence-electron chi connectivity index (χ1n) is 9.62. The van der Waals surface area contributed by atoms with Gasteiger partial charge in [-0.3, -0.25) is 9.36 Å². The first-order valence-corrected chi connectivity index (χ1v) is 11.0. The van der Waals surface area contributed by atoms with Crippen LogP contribution < -0.4 is 0 Å². The number of nitrogens with zero attached hydrogens (tertiary/aromatic N) is 3. The van der Waals surface area contributed by atoms with E-state index in [4.69, 9.17) is 16.0 Å². The molecule has 5 aromatic rings. The van der Waals surface area contributed by atoms with Crippen molar-refractivity contribution in [2.45, 2.75) is 11.7 Å². The van der Waals surface area contributed by atoms with Crippen LogP contribution in [0.3, 0.4) is 0 Å². The molecule has 0 aliphatic carbocycles. The predicted molar refractivity (Wildman–Crippen MR) is 122 cm³/mol. The summed E-state index contributed by atoms with van der Waals surface area (Å²) in [5, 5.41) is 11.0. The van der Waals surface area contributed by atoms with Crippen LogP contribution in [0.2, 0.25) is 5.02 Å². The number of para-hydroxylation sites is 1. The van der Waals surface area contributed by atoms with Crippen LogP contribution in [0.1, 0.15) is 16.1 Å². The van der Waals surface area contributed by atoms with Crippen LogP contribution in [-0.2, 0) is 6.54 Å². The van der Waals surface area contributed by atoms with Crippen molar-refractivity contribution in [1.82, 2.24) is 19.7 Å². The number of aromatic amines is 1. The first-order chi connectivity index (χ1) is 15.2. The Morgan fingerprint density at radius 2 is 1.90 bits per heavy atom. The standard InChI is InChI=1S/C23H17ClN4O2S/c24-16-9-7-15(8-10-16)22-26-27-23(28(22)13-17-4-3-11-30-17)31-14-21(29)19-12-25-20-6-2-1-5-18(19)20/h1-12,25H,13-14H2. The highest BCUT2D eigenvalue weighted by atomic mass is 35.5. The molecule has 0 radical (unpaired) electrons. The maximum absolute atomic E-state index is 12.9. The minimum atomic E-state index is 0.0306. The van der Waals surface area contributed by atoms with Gasteiger partial charge in [0.25, 0.3) is 0 Å². The second kappa shape index (κ2) is 8.45. The molecule has 5 rings (SSSR count). The van der Waals surface area contributed by atoms with E-state index >= 15 is 0 Å². The van der Waals surface area contributed by atoms with Crippen molar-refractivity contribution < 1.29 is 9.21 Å². The second-order valence-corrected chi connectivity index (χ2v) is 8.32. The number of rotatable bonds is 7. The van der Waals surface area contributed by atoms with Crippen molar-refractivity contribution in [3.8, 4) is 11.4 Å². The summed E-state index contributed by atoms with van der Waals surface area (Å²) in [5.41, 5.74) is 2.51. The zero-order chi connectivity index (χ0) is 21.2. The average molecular weight is 449 g/mol. The summed E-state index contributed by atoms with van der Waals surface area (Å²) < 4.78 is 7.48. The number of carbonyl (C=O) groups excluding carboxylic acids is 1. The first kappa shape index (κ1) is 19.7. The summed E-state index contributed by atoms with van der Waals surface area (Å²) in [6.07, 6.45) is 3.40. The van der Waals surface area contributed by atoms with Crippen LogP contribution in [0.25, 0.3) is 22.3 Å². The molecule has 3 heterocycles. The summed E-state index contributed by atoms with van der Waals surface area (Å²) in [6.45, 7) is 0.460. The number of hydrogen-bond acceptors (Lipinski definition) is 5. The number of ketones is 1. The van der Waals surface area contributed by atoms with Crippen LogP contribution in [0.4, 0.5) is 0 Å². The molecule has 0 aliphatic rings. The minimum absolute atomic E-state index is 0.0306. The molecule has 3 aromatic heterocycles. The molecule has 0 amide bonds. The summed E-state index contributed by atoms with van der Waals surface area (Å²) in [5.74, 6) is 1.75. The number of H-pyrrole nitrogens is 1. The fourth-order valence-corrected chi connectivity index (χ4v) is 4.37. The van der Waals surface area contributed by atoms with Crippen molar-refractivity contribution >= 4 is 40.0 Å². The van der Waals surface area contributed by atoms with Gasteiger partial charge in [-0.25, -0.2) is 0 Å². The Balaban J connectivity index is 1.43. The number of Topliss-reactive ketones (excluding diaryl/α,β-unsaturated/α-hetero) is 1. The molecule has 0 bridgehead atoms. The van der Waals surface area contributed by atoms with E-state index in [1.807, 2.05) is 65.2 Å². The molecule has 0 saturated carbocycles. The van der Waals surface area contributed by atoms with Crippen molar-refractivity contribution in [3.63, 3.8) is 0 Å². The molecule has 0 spiro atoms. The average Bonchev–Trinajstić information content (AvgIpc) is 3.53. The summed E-state index contributed by atoms with van der Waals surface area (Å²) in [6, 6.07) is 18.9. The van der Waals surface area contributed by atoms with E-state index in [0.29, 0.717) is 28.1 Å². The van der Waals surface area contributed by atoms with Crippen LogP contribution in [0, 0.1) is 0 Å². The molecule has 31 heavy (non-hydrogen) atoms. The van der Waals surface area contributed by atoms with Gasteiger partial charge in [0, 0.05) is 33.2 Å². The van der Waals surface area contributed by atoms with Gasteiger partial charge in [-0.2, -0.15) is 0 Å². The van der Waals surface area contributed by atoms with Crippen molar-refractivity contribution in [2.24, 2.45) is 0 Å². The van der Waals surface area contributed by atoms with E-state index in [1.165, 1.54) is 11.8 Å². The van der Waals surface area contributed by atoms with Crippen molar-refractivity contribution in [2.75, 3.05) is 5.75 Å². The van der Waals surface area contributed by atoms with Gasteiger partial charge in [-0.15, -0.1) is 10.2 Å². The van der Waals surface area contributed by atoms with Gasteiger partial charge in [0.15, 0.2) is 16.8 Å². The Labute approximate surface area is 187 Å². The van der Waals surface area contributed by atoms with E-state index in [-0.39, 0.29) is 11.5 Å². The van der Waals surface area contributed by atoms with E-state index in [0.717, 1.165) is 22.2 Å². The fourth-order valence-electron chi connectivity index (χ4n) is 3.42. The number of aromatic nitrogens is 4. The SMILES string of the molecule is O=C(CSc1nnc(-c2ccc(Cl)cc2)n1Cc1ccco1)c1c[nH]c2ccccc12. The summed E-state index contributed by atoms with van der Waals surface area (Å²) >= 11 is 7.39. The number of fused-ring (bicyclic) bond motifs is 1. The normalized spacial score (nSPS) is 11.3. The van der Waals surface area contributed by atoms with Gasteiger partial charge in [0.05, 0.1) is 18.6 Å². The number of benzene rings is 2. The van der Waals surface area contributed by atoms with Gasteiger partial charge >= 0.3 is 0 Å². The minimum Gasteiger partial charge on any atom is -0.467 e. The summed E-state index contributed by atoms with van der Waals surface area (Å²) in [4.78, 5) is 16.1. The molecular formula is C23H17ClN4O2S. The topological polar surface area (TPSA) is 76.7 Å². The molecule has 0 unspecified atom stereocenters. The molecule has 154 valence electrons. The van der Waals surface area contributed by atoms with Crippen LogP contribution >= 0.6 is 23.4 Å². The van der Waals surface area contributed by atoms with E-state index in [9.17, 15) is 4.79 Å². The quantitative estimate of drug-likeness (QED) is 0.255. The lowest BCUT2D eigenvalue weighted by Crippen LogP contribution is -2.06. The van der Waals surface area contributed by atoms with Crippen LogP contribution in [-0.4, -0.2) is 31.3 Å². The molecule has 0 fully saturated rings. The molecule has 0 saturated heterocycles. The van der Waals surface area contributed by atoms with Gasteiger partial charge in [0.2, 0.25) is 0 Å². The van der Waals surface area contributed by atoms with Crippen LogP contribution in [0.15, 0.2) is 82.7 Å². The molecule has 0 atom stereocenters. The smallest absolute Gasteiger partial charge is 0.192 e. The lowest BCUT2D eigenvalue weighted by Gasteiger charge is -2.09. The number of nitrogens with one attached hydrogen (secondary N) is 1. The number of thioether (sulfide) groups is 1. The lowest BCUT2D eigenvalue weighted by atomic mass is 10.1. The van der Waals surface area contributed by atoms with Gasteiger partial charge in [-0.1, -0.05) is 41.6 Å². The lowest BCUT2D eigenvalue weighted by molar-refractivity contribution is 0.102. The second-order valence-electron chi connectivity index (χ2n) is 6.94. The summed E-state index contributed by atoms with van der Waals surface area (Å²) in [7, 11) is 0. The maximum Gasteiger partial charge on any atom is 0.192 e. The van der Waals surface area contributed by atoms with E-state index < -0.39 is 0 Å². The Kier molecular flexibility index (Phi) is 5.36. The monoisotopic (exact) mass is 448 g/mol. The zero-order valence-electron chi connectivity index (χ0n) is 16.3.